The van der Waals surface area contributed by atoms with Gasteiger partial charge in [0.15, 0.2) is 5.69 Å². The van der Waals surface area contributed by atoms with Crippen LogP contribution in [0, 0.1) is 16.0 Å². The van der Waals surface area contributed by atoms with Crippen LogP contribution in [-0.4, -0.2) is 37.2 Å². The quantitative estimate of drug-likeness (QED) is 0.530. The van der Waals surface area contributed by atoms with Crippen molar-refractivity contribution in [3.63, 3.8) is 0 Å². The summed E-state index contributed by atoms with van der Waals surface area (Å²) < 4.78 is 10.8. The van der Waals surface area contributed by atoms with Gasteiger partial charge >= 0.3 is 0 Å². The highest BCUT2D eigenvalue weighted by atomic mass is 16.6. The van der Waals surface area contributed by atoms with E-state index in [-0.39, 0.29) is 22.7 Å². The summed E-state index contributed by atoms with van der Waals surface area (Å²) in [6.07, 6.45) is 1.59. The summed E-state index contributed by atoms with van der Waals surface area (Å²) in [6, 6.07) is 2.62. The Bertz CT molecular complexity index is 587. The van der Waals surface area contributed by atoms with E-state index in [4.69, 9.17) is 15.2 Å². The molecule has 1 aromatic carbocycles. The zero-order valence-corrected chi connectivity index (χ0v) is 13.0. The third kappa shape index (κ3) is 4.32. The van der Waals surface area contributed by atoms with Crippen LogP contribution in [0.25, 0.3) is 0 Å². The molecule has 0 aliphatic carbocycles. The number of amides is 1. The van der Waals surface area contributed by atoms with E-state index >= 15 is 0 Å². The highest BCUT2D eigenvalue weighted by Crippen LogP contribution is 2.36. The SMILES string of the molecule is CCCNc1c(OCCC2COC2)cc(C(N)=O)cc1[N+](=O)[O-]. The highest BCUT2D eigenvalue weighted by molar-refractivity contribution is 5.95. The molecule has 3 N–H and O–H groups in total. The second kappa shape index (κ2) is 7.77. The smallest absolute Gasteiger partial charge is 0.296 e. The first kappa shape index (κ1) is 17.0. The van der Waals surface area contributed by atoms with Crippen molar-refractivity contribution in [2.24, 2.45) is 11.7 Å². The standard InChI is InChI=1S/C15H21N3O5/c1-2-4-17-14-12(18(20)21)6-11(15(16)19)7-13(14)23-5-3-10-8-22-9-10/h6-7,10,17H,2-5,8-9H2,1H3,(H2,16,19). The molecule has 1 fully saturated rings. The summed E-state index contributed by atoms with van der Waals surface area (Å²) in [5, 5.41) is 14.3. The minimum absolute atomic E-state index is 0.0562. The molecule has 1 amide bonds. The molecule has 23 heavy (non-hydrogen) atoms. The average molecular weight is 323 g/mol. The summed E-state index contributed by atoms with van der Waals surface area (Å²) in [5.41, 5.74) is 5.38. The molecular weight excluding hydrogens is 302 g/mol. The Kier molecular flexibility index (Phi) is 5.75. The number of nitrogens with zero attached hydrogens (tertiary/aromatic N) is 1. The van der Waals surface area contributed by atoms with E-state index in [0.29, 0.717) is 32.3 Å². The third-order valence-electron chi connectivity index (χ3n) is 3.61. The van der Waals surface area contributed by atoms with E-state index in [1.807, 2.05) is 6.92 Å². The van der Waals surface area contributed by atoms with Gasteiger partial charge in [0.1, 0.15) is 5.75 Å². The van der Waals surface area contributed by atoms with Crippen LogP contribution in [0.2, 0.25) is 0 Å². The molecule has 1 aliphatic heterocycles. The summed E-state index contributed by atoms with van der Waals surface area (Å²) >= 11 is 0. The van der Waals surface area contributed by atoms with Gasteiger partial charge in [0.25, 0.3) is 5.69 Å². The molecule has 1 aliphatic rings. The minimum atomic E-state index is -0.729. The number of ether oxygens (including phenoxy) is 2. The van der Waals surface area contributed by atoms with E-state index < -0.39 is 10.8 Å². The molecule has 8 heteroatoms. The molecule has 8 nitrogen and oxygen atoms in total. The Morgan fingerprint density at radius 1 is 1.52 bits per heavy atom. The number of hydrogen-bond acceptors (Lipinski definition) is 6. The largest absolute Gasteiger partial charge is 0.491 e. The number of carbonyl (C=O) groups excluding carboxylic acids is 1. The molecular formula is C15H21N3O5. The van der Waals surface area contributed by atoms with Crippen molar-refractivity contribution in [3.05, 3.63) is 27.8 Å². The van der Waals surface area contributed by atoms with Crippen molar-refractivity contribution in [1.29, 1.82) is 0 Å². The van der Waals surface area contributed by atoms with Crippen LogP contribution in [0.15, 0.2) is 12.1 Å². The van der Waals surface area contributed by atoms with Gasteiger partial charge in [-0.15, -0.1) is 0 Å². The Hall–Kier alpha value is -2.35. The van der Waals surface area contributed by atoms with Crippen LogP contribution < -0.4 is 15.8 Å². The lowest BCUT2D eigenvalue weighted by molar-refractivity contribution is -0.384. The van der Waals surface area contributed by atoms with Crippen molar-refractivity contribution >= 4 is 17.3 Å². The average Bonchev–Trinajstić information content (AvgIpc) is 2.47. The van der Waals surface area contributed by atoms with Gasteiger partial charge in [-0.05, 0) is 18.9 Å². The number of hydrogen-bond donors (Lipinski definition) is 2. The zero-order chi connectivity index (χ0) is 16.8. The summed E-state index contributed by atoms with van der Waals surface area (Å²) in [5.74, 6) is 0.00503. The first-order chi connectivity index (χ1) is 11.0. The van der Waals surface area contributed by atoms with E-state index in [9.17, 15) is 14.9 Å². The van der Waals surface area contributed by atoms with Gasteiger partial charge in [-0.2, -0.15) is 0 Å². The van der Waals surface area contributed by atoms with Gasteiger partial charge in [0.05, 0.1) is 24.7 Å². The van der Waals surface area contributed by atoms with Gasteiger partial charge < -0.3 is 20.5 Å². The minimum Gasteiger partial charge on any atom is -0.491 e. The number of primary amides is 1. The highest BCUT2D eigenvalue weighted by Gasteiger charge is 2.23. The fourth-order valence-corrected chi connectivity index (χ4v) is 2.22. The van der Waals surface area contributed by atoms with Crippen LogP contribution >= 0.6 is 0 Å². The van der Waals surface area contributed by atoms with Gasteiger partial charge in [-0.3, -0.25) is 14.9 Å². The molecule has 0 atom stereocenters. The number of nitro groups is 1. The molecule has 2 rings (SSSR count). The van der Waals surface area contributed by atoms with E-state index in [1.54, 1.807) is 0 Å². The zero-order valence-electron chi connectivity index (χ0n) is 13.0. The Morgan fingerprint density at radius 3 is 2.78 bits per heavy atom. The van der Waals surface area contributed by atoms with Crippen molar-refractivity contribution in [2.45, 2.75) is 19.8 Å². The van der Waals surface area contributed by atoms with E-state index in [1.165, 1.54) is 12.1 Å². The number of nitrogens with one attached hydrogen (secondary N) is 1. The van der Waals surface area contributed by atoms with Crippen molar-refractivity contribution in [1.82, 2.24) is 0 Å². The first-order valence-electron chi connectivity index (χ1n) is 7.59. The van der Waals surface area contributed by atoms with Crippen LogP contribution in [-0.2, 0) is 4.74 Å². The molecule has 1 saturated heterocycles. The maximum atomic E-state index is 11.4. The fraction of sp³-hybridized carbons (Fsp3) is 0.533. The molecule has 0 saturated carbocycles. The second-order valence-corrected chi connectivity index (χ2v) is 5.46. The van der Waals surface area contributed by atoms with Crippen LogP contribution in [0.1, 0.15) is 30.1 Å². The maximum Gasteiger partial charge on any atom is 0.296 e. The van der Waals surface area contributed by atoms with Crippen LogP contribution in [0.3, 0.4) is 0 Å². The second-order valence-electron chi connectivity index (χ2n) is 5.46. The number of nitro benzene ring substituents is 1. The Morgan fingerprint density at radius 2 is 2.26 bits per heavy atom. The first-order valence-corrected chi connectivity index (χ1v) is 7.59. The molecule has 126 valence electrons. The monoisotopic (exact) mass is 323 g/mol. The molecule has 1 heterocycles. The molecule has 1 aromatic rings. The summed E-state index contributed by atoms with van der Waals surface area (Å²) in [4.78, 5) is 22.1. The molecule has 0 spiro atoms. The van der Waals surface area contributed by atoms with Gasteiger partial charge in [-0.25, -0.2) is 0 Å². The topological polar surface area (TPSA) is 117 Å². The normalized spacial score (nSPS) is 14.1. The van der Waals surface area contributed by atoms with Gasteiger partial charge in [0, 0.05) is 24.1 Å². The summed E-state index contributed by atoms with van der Waals surface area (Å²) in [6.45, 7) is 4.34. The summed E-state index contributed by atoms with van der Waals surface area (Å²) in [7, 11) is 0. The lowest BCUT2D eigenvalue weighted by atomic mass is 10.1. The third-order valence-corrected chi connectivity index (χ3v) is 3.61. The van der Waals surface area contributed by atoms with Crippen molar-refractivity contribution < 1.29 is 19.2 Å². The van der Waals surface area contributed by atoms with Gasteiger partial charge in [0.2, 0.25) is 5.91 Å². The number of nitrogens with two attached hydrogens (primary N) is 1. The number of carbonyl (C=O) groups is 1. The fourth-order valence-electron chi connectivity index (χ4n) is 2.22. The van der Waals surface area contributed by atoms with Crippen molar-refractivity contribution in [2.75, 3.05) is 31.7 Å². The Balaban J connectivity index is 2.25. The number of benzene rings is 1. The van der Waals surface area contributed by atoms with Crippen molar-refractivity contribution in [3.8, 4) is 5.75 Å². The van der Waals surface area contributed by atoms with Gasteiger partial charge in [-0.1, -0.05) is 6.92 Å². The van der Waals surface area contributed by atoms with E-state index in [2.05, 4.69) is 5.32 Å². The Labute approximate surface area is 134 Å². The van der Waals surface area contributed by atoms with Crippen LogP contribution in [0.4, 0.5) is 11.4 Å². The van der Waals surface area contributed by atoms with E-state index in [0.717, 1.165) is 12.8 Å². The maximum absolute atomic E-state index is 11.4. The molecule has 0 aromatic heterocycles. The molecule has 0 unspecified atom stereocenters. The lowest BCUT2D eigenvalue weighted by Crippen LogP contribution is -2.28. The van der Waals surface area contributed by atoms with Crippen LogP contribution in [0.5, 0.6) is 5.75 Å². The predicted molar refractivity (Wildman–Crippen MR) is 84.8 cm³/mol. The molecule has 0 radical (unpaired) electrons. The lowest BCUT2D eigenvalue weighted by Gasteiger charge is -2.25. The molecule has 0 bridgehead atoms. The number of rotatable bonds is 9. The predicted octanol–water partition coefficient (Wildman–Crippen LogP) is 1.93. The number of anilines is 1.